The molecule has 1 aliphatic heterocycles. The third-order valence-electron chi connectivity index (χ3n) is 3.98. The van der Waals surface area contributed by atoms with Crippen molar-refractivity contribution >= 4 is 15.8 Å². The molecule has 1 aromatic heterocycles. The Balaban J connectivity index is 2.39. The average Bonchev–Trinajstić information content (AvgIpc) is 2.45. The summed E-state index contributed by atoms with van der Waals surface area (Å²) in [5.74, 6) is 0.462. The number of hydrogen-bond donors (Lipinski definition) is 1. The van der Waals surface area contributed by atoms with E-state index in [-0.39, 0.29) is 12.1 Å². The maximum atomic E-state index is 13.0. The van der Waals surface area contributed by atoms with Crippen molar-refractivity contribution in [3.63, 3.8) is 0 Å². The van der Waals surface area contributed by atoms with E-state index in [0.29, 0.717) is 17.3 Å². The van der Waals surface area contributed by atoms with Crippen molar-refractivity contribution in [2.45, 2.75) is 63.4 Å². The minimum absolute atomic E-state index is 0.0398. The second-order valence-electron chi connectivity index (χ2n) is 5.74. The van der Waals surface area contributed by atoms with Crippen LogP contribution in [0.3, 0.4) is 0 Å². The van der Waals surface area contributed by atoms with Crippen LogP contribution in [0.1, 0.15) is 46.5 Å². The van der Waals surface area contributed by atoms with Gasteiger partial charge < -0.3 is 5.32 Å². The molecule has 2 atom stereocenters. The standard InChI is InChI=1S/C15H25N3O2S/c1-4-10-16-15-14(9-6-11-17-15)21(19,20)18-12(2)7-5-8-13(18)3/h6,9,11-13H,4-5,7-8,10H2,1-3H3,(H,16,17)/t12-,13+. The van der Waals surface area contributed by atoms with Crippen LogP contribution >= 0.6 is 0 Å². The van der Waals surface area contributed by atoms with Gasteiger partial charge in [0.15, 0.2) is 0 Å². The Labute approximate surface area is 127 Å². The highest BCUT2D eigenvalue weighted by atomic mass is 32.2. The minimum Gasteiger partial charge on any atom is -0.369 e. The summed E-state index contributed by atoms with van der Waals surface area (Å²) in [6, 6.07) is 3.41. The highest BCUT2D eigenvalue weighted by Gasteiger charge is 2.37. The minimum atomic E-state index is -3.51. The smallest absolute Gasteiger partial charge is 0.247 e. The van der Waals surface area contributed by atoms with Crippen molar-refractivity contribution < 1.29 is 8.42 Å². The number of sulfonamides is 1. The molecule has 1 aromatic rings. The summed E-state index contributed by atoms with van der Waals surface area (Å²) in [7, 11) is -3.51. The second kappa shape index (κ2) is 6.75. The van der Waals surface area contributed by atoms with Gasteiger partial charge in [0.2, 0.25) is 10.0 Å². The second-order valence-corrected chi connectivity index (χ2v) is 7.55. The van der Waals surface area contributed by atoms with Gasteiger partial charge in [-0.1, -0.05) is 13.3 Å². The summed E-state index contributed by atoms with van der Waals surface area (Å²) < 4.78 is 27.7. The Hall–Kier alpha value is -1.14. The number of rotatable bonds is 5. The lowest BCUT2D eigenvalue weighted by Crippen LogP contribution is -2.47. The number of nitrogens with zero attached hydrogens (tertiary/aromatic N) is 2. The predicted octanol–water partition coefficient (Wildman–Crippen LogP) is 2.86. The Morgan fingerprint density at radius 1 is 1.33 bits per heavy atom. The zero-order valence-electron chi connectivity index (χ0n) is 13.0. The molecule has 0 spiro atoms. The van der Waals surface area contributed by atoms with E-state index in [0.717, 1.165) is 25.7 Å². The molecule has 0 unspecified atom stereocenters. The molecule has 0 amide bonds. The number of anilines is 1. The lowest BCUT2D eigenvalue weighted by Gasteiger charge is -2.37. The first-order valence-corrected chi connectivity index (χ1v) is 9.15. The predicted molar refractivity (Wildman–Crippen MR) is 84.8 cm³/mol. The summed E-state index contributed by atoms with van der Waals surface area (Å²) in [6.45, 7) is 6.73. The molecule has 21 heavy (non-hydrogen) atoms. The normalized spacial score (nSPS) is 24.0. The first kappa shape index (κ1) is 16.2. The summed E-state index contributed by atoms with van der Waals surface area (Å²) >= 11 is 0. The SMILES string of the molecule is CCCNc1ncccc1S(=O)(=O)N1[C@H](C)CCC[C@@H]1C. The number of pyridine rings is 1. The van der Waals surface area contributed by atoms with E-state index in [4.69, 9.17) is 0 Å². The van der Waals surface area contributed by atoms with E-state index < -0.39 is 10.0 Å². The van der Waals surface area contributed by atoms with E-state index in [9.17, 15) is 8.42 Å². The van der Waals surface area contributed by atoms with Crippen LogP contribution in [0.2, 0.25) is 0 Å². The van der Waals surface area contributed by atoms with Crippen molar-refractivity contribution in [3.8, 4) is 0 Å². The van der Waals surface area contributed by atoms with E-state index in [2.05, 4.69) is 10.3 Å². The van der Waals surface area contributed by atoms with Crippen LogP contribution in [0.4, 0.5) is 5.82 Å². The van der Waals surface area contributed by atoms with Gasteiger partial charge in [-0.25, -0.2) is 13.4 Å². The highest BCUT2D eigenvalue weighted by molar-refractivity contribution is 7.89. The third-order valence-corrected chi connectivity index (χ3v) is 6.14. The molecule has 0 bridgehead atoms. The van der Waals surface area contributed by atoms with Gasteiger partial charge in [0.1, 0.15) is 10.7 Å². The van der Waals surface area contributed by atoms with Crippen LogP contribution in [0.15, 0.2) is 23.2 Å². The number of aromatic nitrogens is 1. The van der Waals surface area contributed by atoms with E-state index in [1.54, 1.807) is 22.6 Å². The number of nitrogens with one attached hydrogen (secondary N) is 1. The molecule has 2 heterocycles. The van der Waals surface area contributed by atoms with Crippen LogP contribution in [0.25, 0.3) is 0 Å². The molecule has 5 nitrogen and oxygen atoms in total. The molecule has 1 saturated heterocycles. The summed E-state index contributed by atoms with van der Waals surface area (Å²) in [4.78, 5) is 4.50. The molecule has 0 aromatic carbocycles. The molecule has 0 aliphatic carbocycles. The Bertz CT molecular complexity index is 564. The van der Waals surface area contributed by atoms with Crippen LogP contribution in [-0.4, -0.2) is 36.3 Å². The zero-order chi connectivity index (χ0) is 15.5. The zero-order valence-corrected chi connectivity index (χ0v) is 13.9. The van der Waals surface area contributed by atoms with Crippen LogP contribution in [-0.2, 0) is 10.0 Å². The Kier molecular flexibility index (Phi) is 5.22. The molecule has 118 valence electrons. The molecule has 1 fully saturated rings. The quantitative estimate of drug-likeness (QED) is 0.908. The van der Waals surface area contributed by atoms with Crippen molar-refractivity contribution in [2.24, 2.45) is 0 Å². The number of hydrogen-bond acceptors (Lipinski definition) is 4. The fourth-order valence-electron chi connectivity index (χ4n) is 2.96. The topological polar surface area (TPSA) is 62.3 Å². The van der Waals surface area contributed by atoms with Gasteiger partial charge in [-0.3, -0.25) is 0 Å². The van der Waals surface area contributed by atoms with Crippen molar-refractivity contribution in [1.29, 1.82) is 0 Å². The van der Waals surface area contributed by atoms with Gasteiger partial charge in [0, 0.05) is 24.8 Å². The molecule has 1 N–H and O–H groups in total. The van der Waals surface area contributed by atoms with E-state index >= 15 is 0 Å². The van der Waals surface area contributed by atoms with Crippen molar-refractivity contribution in [2.75, 3.05) is 11.9 Å². The number of piperidine rings is 1. The van der Waals surface area contributed by atoms with Gasteiger partial charge >= 0.3 is 0 Å². The fraction of sp³-hybridized carbons (Fsp3) is 0.667. The molecule has 2 rings (SSSR count). The Morgan fingerprint density at radius 3 is 2.62 bits per heavy atom. The highest BCUT2D eigenvalue weighted by Crippen LogP contribution is 2.31. The maximum absolute atomic E-state index is 13.0. The first-order chi connectivity index (χ1) is 9.98. The van der Waals surface area contributed by atoms with Gasteiger partial charge in [-0.15, -0.1) is 0 Å². The van der Waals surface area contributed by atoms with E-state index in [1.807, 2.05) is 20.8 Å². The molecule has 6 heteroatoms. The monoisotopic (exact) mass is 311 g/mol. The maximum Gasteiger partial charge on any atom is 0.247 e. The Morgan fingerprint density at radius 2 is 2.00 bits per heavy atom. The van der Waals surface area contributed by atoms with Gasteiger partial charge in [0.25, 0.3) is 0 Å². The summed E-state index contributed by atoms with van der Waals surface area (Å²) in [5, 5.41) is 3.12. The van der Waals surface area contributed by atoms with Crippen molar-refractivity contribution in [1.82, 2.24) is 9.29 Å². The molecule has 0 saturated carbocycles. The molecular formula is C15H25N3O2S. The summed E-state index contributed by atoms with van der Waals surface area (Å²) in [5.41, 5.74) is 0. The van der Waals surface area contributed by atoms with Crippen LogP contribution in [0.5, 0.6) is 0 Å². The van der Waals surface area contributed by atoms with Crippen LogP contribution in [0, 0.1) is 0 Å². The molecular weight excluding hydrogens is 286 g/mol. The molecule has 0 radical (unpaired) electrons. The fourth-order valence-corrected chi connectivity index (χ4v) is 4.97. The van der Waals surface area contributed by atoms with E-state index in [1.165, 1.54) is 0 Å². The lowest BCUT2D eigenvalue weighted by molar-refractivity contribution is 0.204. The van der Waals surface area contributed by atoms with Crippen LogP contribution < -0.4 is 5.32 Å². The average molecular weight is 311 g/mol. The summed E-state index contributed by atoms with van der Waals surface area (Å²) in [6.07, 6.45) is 5.47. The van der Waals surface area contributed by atoms with Gasteiger partial charge in [-0.05, 0) is 45.2 Å². The molecule has 1 aliphatic rings. The largest absolute Gasteiger partial charge is 0.369 e. The van der Waals surface area contributed by atoms with Gasteiger partial charge in [-0.2, -0.15) is 4.31 Å². The van der Waals surface area contributed by atoms with Gasteiger partial charge in [0.05, 0.1) is 0 Å². The first-order valence-electron chi connectivity index (χ1n) is 7.71. The van der Waals surface area contributed by atoms with Crippen molar-refractivity contribution in [3.05, 3.63) is 18.3 Å². The lowest BCUT2D eigenvalue weighted by atomic mass is 10.0. The third kappa shape index (κ3) is 3.37.